The summed E-state index contributed by atoms with van der Waals surface area (Å²) in [6, 6.07) is 8.76. The van der Waals surface area contributed by atoms with E-state index in [1.54, 1.807) is 17.0 Å². The second-order valence-corrected chi connectivity index (χ2v) is 8.06. The van der Waals surface area contributed by atoms with Crippen molar-refractivity contribution in [2.24, 2.45) is 0 Å². The summed E-state index contributed by atoms with van der Waals surface area (Å²) in [5, 5.41) is 12.3. The summed E-state index contributed by atoms with van der Waals surface area (Å²) < 4.78 is 40.1. The predicted molar refractivity (Wildman–Crippen MR) is 135 cm³/mol. The van der Waals surface area contributed by atoms with Crippen LogP contribution in [0.1, 0.15) is 17.3 Å². The standard InChI is InChI=1S/C15H17FN4O3.C8H6N2.H2O3S/c1-2-19-8-10(15(22)23)12(21)9-7-11(16)14(18-13(9)19)20-5-3-17-4-6-20;1-3-7-8(9-5-1)4-2-6-10-7;1-4(2)3/h7-8,17H,2-6H2,1H3,(H,22,23);1-6H;(H2,1,2,3)/p-1. The summed E-state index contributed by atoms with van der Waals surface area (Å²) in [7, 11) is 0. The lowest BCUT2D eigenvalue weighted by Gasteiger charge is -2.29. The molecule has 5 rings (SSSR count). The number of carbonyl (C=O) groups is 1. The number of carboxylic acids is 1. The molecule has 0 saturated carbocycles. The summed E-state index contributed by atoms with van der Waals surface area (Å²) in [6.07, 6.45) is 4.80. The summed E-state index contributed by atoms with van der Waals surface area (Å²) >= 11 is -2.86. The van der Waals surface area contributed by atoms with Crippen molar-refractivity contribution in [1.29, 1.82) is 0 Å². The molecule has 4 aromatic rings. The second-order valence-electron chi connectivity index (χ2n) is 7.63. The monoisotopic (exact) mass is 531 g/mol. The zero-order chi connectivity index (χ0) is 26.9. The van der Waals surface area contributed by atoms with E-state index in [-0.39, 0.29) is 16.8 Å². The summed E-state index contributed by atoms with van der Waals surface area (Å²) in [5.41, 5.74) is 1.11. The maximum atomic E-state index is 14.4. The molecule has 1 aliphatic heterocycles. The molecule has 0 radical (unpaired) electrons. The fourth-order valence-electron chi connectivity index (χ4n) is 3.67. The van der Waals surface area contributed by atoms with Crippen molar-refractivity contribution in [2.45, 2.75) is 13.5 Å². The summed E-state index contributed by atoms with van der Waals surface area (Å²) in [6.45, 7) is 4.95. The van der Waals surface area contributed by atoms with E-state index in [4.69, 9.17) is 18.4 Å². The number of aromatic nitrogens is 4. The first-order chi connectivity index (χ1) is 17.7. The molecule has 0 amide bonds. The van der Waals surface area contributed by atoms with Crippen LogP contribution in [0.2, 0.25) is 0 Å². The van der Waals surface area contributed by atoms with Crippen molar-refractivity contribution < 1.29 is 27.6 Å². The molecule has 12 nitrogen and oxygen atoms in total. The van der Waals surface area contributed by atoms with Gasteiger partial charge in [0, 0.05) is 51.3 Å². The minimum Gasteiger partial charge on any atom is -0.750 e. The lowest BCUT2D eigenvalue weighted by Crippen LogP contribution is -2.44. The molecule has 0 aliphatic carbocycles. The predicted octanol–water partition coefficient (Wildman–Crippen LogP) is 1.63. The number of carboxylic acid groups (broad SMARTS) is 1. The third-order valence-electron chi connectivity index (χ3n) is 5.34. The molecular formula is C23H24FN6O6S-. The van der Waals surface area contributed by atoms with Gasteiger partial charge in [-0.3, -0.25) is 14.8 Å². The molecule has 3 N–H and O–H groups in total. The number of aryl methyl sites for hydroxylation is 1. The number of nitrogens with zero attached hydrogens (tertiary/aromatic N) is 5. The van der Waals surface area contributed by atoms with E-state index >= 15 is 0 Å². The molecule has 196 valence electrons. The average Bonchev–Trinajstić information content (AvgIpc) is 2.89. The van der Waals surface area contributed by atoms with Crippen LogP contribution in [0.5, 0.6) is 0 Å². The van der Waals surface area contributed by atoms with E-state index in [1.165, 1.54) is 6.20 Å². The van der Waals surface area contributed by atoms with Crippen LogP contribution in [0.4, 0.5) is 10.2 Å². The molecule has 14 heteroatoms. The Labute approximate surface area is 212 Å². The fourth-order valence-corrected chi connectivity index (χ4v) is 3.67. The first kappa shape index (κ1) is 27.7. The number of aromatic carboxylic acids is 1. The first-order valence-electron chi connectivity index (χ1n) is 11.1. The van der Waals surface area contributed by atoms with Crippen LogP contribution >= 0.6 is 0 Å². The highest BCUT2D eigenvalue weighted by Gasteiger charge is 2.21. The van der Waals surface area contributed by atoms with E-state index in [2.05, 4.69) is 20.3 Å². The van der Waals surface area contributed by atoms with E-state index in [9.17, 15) is 14.0 Å². The van der Waals surface area contributed by atoms with Crippen molar-refractivity contribution >= 4 is 45.2 Å². The number of hydrogen-bond acceptors (Lipinski definition) is 9. The van der Waals surface area contributed by atoms with Gasteiger partial charge in [0.05, 0.1) is 27.8 Å². The van der Waals surface area contributed by atoms with Crippen molar-refractivity contribution in [2.75, 3.05) is 31.1 Å². The Kier molecular flexibility index (Phi) is 9.68. The van der Waals surface area contributed by atoms with Gasteiger partial charge in [-0.2, -0.15) is 0 Å². The van der Waals surface area contributed by atoms with Crippen LogP contribution in [0, 0.1) is 5.82 Å². The van der Waals surface area contributed by atoms with Crippen molar-refractivity contribution in [1.82, 2.24) is 24.8 Å². The van der Waals surface area contributed by atoms with Crippen molar-refractivity contribution in [3.8, 4) is 0 Å². The molecule has 1 atom stereocenters. The molecule has 0 bridgehead atoms. The molecule has 5 heterocycles. The Bertz CT molecular complexity index is 1410. The molecule has 0 aromatic carbocycles. The van der Waals surface area contributed by atoms with Crippen LogP contribution in [-0.4, -0.2) is 70.1 Å². The first-order valence-corrected chi connectivity index (χ1v) is 12.1. The number of hydrogen-bond donors (Lipinski definition) is 3. The van der Waals surface area contributed by atoms with Crippen LogP contribution in [0.3, 0.4) is 0 Å². The Morgan fingerprint density at radius 3 is 2.27 bits per heavy atom. The van der Waals surface area contributed by atoms with Gasteiger partial charge in [-0.15, -0.1) is 0 Å². The molecule has 1 unspecified atom stereocenters. The Hall–Kier alpha value is -3.85. The molecule has 1 saturated heterocycles. The minimum atomic E-state index is -2.86. The number of nitrogens with one attached hydrogen (secondary N) is 1. The lowest BCUT2D eigenvalue weighted by molar-refractivity contribution is 0.0694. The number of rotatable bonds is 3. The average molecular weight is 532 g/mol. The van der Waals surface area contributed by atoms with Gasteiger partial charge in [0.1, 0.15) is 11.2 Å². The van der Waals surface area contributed by atoms with Gasteiger partial charge < -0.3 is 29.0 Å². The molecule has 1 aliphatic rings. The number of anilines is 1. The molecular weight excluding hydrogens is 507 g/mol. The van der Waals surface area contributed by atoms with E-state index in [0.717, 1.165) is 30.2 Å². The van der Waals surface area contributed by atoms with Gasteiger partial charge in [0.2, 0.25) is 5.43 Å². The highest BCUT2D eigenvalue weighted by molar-refractivity contribution is 7.73. The third-order valence-corrected chi connectivity index (χ3v) is 5.34. The van der Waals surface area contributed by atoms with Crippen molar-refractivity contribution in [3.05, 3.63) is 70.5 Å². The normalized spacial score (nSPS) is 13.8. The molecule has 4 aromatic heterocycles. The quantitative estimate of drug-likeness (QED) is 0.328. The minimum absolute atomic E-state index is 0.0110. The van der Waals surface area contributed by atoms with Crippen LogP contribution in [0.25, 0.3) is 22.1 Å². The smallest absolute Gasteiger partial charge is 0.341 e. The zero-order valence-corrected chi connectivity index (χ0v) is 20.5. The Balaban J connectivity index is 0.000000223. The van der Waals surface area contributed by atoms with E-state index in [0.29, 0.717) is 25.3 Å². The molecule has 37 heavy (non-hydrogen) atoms. The van der Waals surface area contributed by atoms with Gasteiger partial charge in [0.25, 0.3) is 0 Å². The molecule has 0 spiro atoms. The van der Waals surface area contributed by atoms with Gasteiger partial charge in [-0.1, -0.05) is 0 Å². The van der Waals surface area contributed by atoms with Gasteiger partial charge in [-0.05, 0) is 37.3 Å². The largest absolute Gasteiger partial charge is 0.750 e. The van der Waals surface area contributed by atoms with Gasteiger partial charge >= 0.3 is 5.97 Å². The van der Waals surface area contributed by atoms with Crippen LogP contribution in [0.15, 0.2) is 53.7 Å². The fraction of sp³-hybridized carbons (Fsp3) is 0.261. The summed E-state index contributed by atoms with van der Waals surface area (Å²) in [5.74, 6) is -1.74. The molecule has 1 fully saturated rings. The Morgan fingerprint density at radius 1 is 1.19 bits per heavy atom. The highest BCUT2D eigenvalue weighted by Crippen LogP contribution is 2.22. The van der Waals surface area contributed by atoms with E-state index < -0.39 is 28.6 Å². The topological polar surface area (TPSA) is 174 Å². The summed E-state index contributed by atoms with van der Waals surface area (Å²) in [4.78, 5) is 37.8. The zero-order valence-electron chi connectivity index (χ0n) is 19.7. The number of piperazine rings is 1. The van der Waals surface area contributed by atoms with Crippen LogP contribution in [-0.2, 0) is 17.9 Å². The van der Waals surface area contributed by atoms with E-state index in [1.807, 2.05) is 36.1 Å². The SMILES string of the molecule is CCn1cc(C(=O)O)c(=O)c2cc(F)c(N3CCNCC3)nc21.O=S([O-])O.c1cnc2cccnc2c1. The maximum Gasteiger partial charge on any atom is 0.341 e. The van der Waals surface area contributed by atoms with Crippen LogP contribution < -0.4 is 15.6 Å². The van der Waals surface area contributed by atoms with Gasteiger partial charge in [0.15, 0.2) is 11.6 Å². The highest BCUT2D eigenvalue weighted by atomic mass is 32.2. The lowest BCUT2D eigenvalue weighted by atomic mass is 10.2. The second kappa shape index (κ2) is 12.9. The van der Waals surface area contributed by atoms with Crippen molar-refractivity contribution in [3.63, 3.8) is 0 Å². The number of halogens is 1. The van der Waals surface area contributed by atoms with Gasteiger partial charge in [-0.25, -0.2) is 18.4 Å². The number of fused-ring (bicyclic) bond motifs is 2. The number of pyridine rings is 4. The third kappa shape index (κ3) is 7.10. The maximum absolute atomic E-state index is 14.4. The Morgan fingerprint density at radius 2 is 1.76 bits per heavy atom.